The maximum absolute atomic E-state index is 12.0. The number of carbonyl (C=O) groups is 1. The van der Waals surface area contributed by atoms with Crippen molar-refractivity contribution < 1.29 is 9.90 Å². The monoisotopic (exact) mass is 213 g/mol. The van der Waals surface area contributed by atoms with Crippen molar-refractivity contribution in [2.45, 2.75) is 46.1 Å². The van der Waals surface area contributed by atoms with Gasteiger partial charge in [-0.1, -0.05) is 6.92 Å². The van der Waals surface area contributed by atoms with Gasteiger partial charge in [-0.2, -0.15) is 0 Å². The van der Waals surface area contributed by atoms with E-state index in [-0.39, 0.29) is 11.8 Å². The van der Waals surface area contributed by atoms with Crippen LogP contribution in [0.1, 0.15) is 40.5 Å². The Kier molecular flexibility index (Phi) is 3.77. The molecule has 0 saturated heterocycles. The van der Waals surface area contributed by atoms with Gasteiger partial charge in [0.1, 0.15) is 0 Å². The third kappa shape index (κ3) is 3.82. The van der Waals surface area contributed by atoms with Crippen LogP contribution in [0.5, 0.6) is 0 Å². The fourth-order valence-corrected chi connectivity index (χ4v) is 1.90. The molecule has 3 heteroatoms. The Bertz CT molecular complexity index is 228. The zero-order valence-corrected chi connectivity index (χ0v) is 10.3. The van der Waals surface area contributed by atoms with Crippen LogP contribution in [0.15, 0.2) is 0 Å². The van der Waals surface area contributed by atoms with Crippen LogP contribution >= 0.6 is 0 Å². The number of hydrogen-bond acceptors (Lipinski definition) is 2. The van der Waals surface area contributed by atoms with Crippen LogP contribution in [-0.4, -0.2) is 34.6 Å². The predicted octanol–water partition coefficient (Wildman–Crippen LogP) is 1.65. The van der Waals surface area contributed by atoms with E-state index in [0.29, 0.717) is 19.0 Å². The number of carbonyl (C=O) groups excluding carboxylic acids is 1. The lowest BCUT2D eigenvalue weighted by atomic mass is 10.0. The average molecular weight is 213 g/mol. The van der Waals surface area contributed by atoms with Gasteiger partial charge in [0.25, 0.3) is 0 Å². The highest BCUT2D eigenvalue weighted by molar-refractivity contribution is 5.79. The molecule has 1 N–H and O–H groups in total. The van der Waals surface area contributed by atoms with Gasteiger partial charge in [-0.3, -0.25) is 4.79 Å². The summed E-state index contributed by atoms with van der Waals surface area (Å²) in [6, 6.07) is 0. The lowest BCUT2D eigenvalue weighted by Crippen LogP contribution is -2.44. The summed E-state index contributed by atoms with van der Waals surface area (Å²) in [5.41, 5.74) is -0.797. The summed E-state index contributed by atoms with van der Waals surface area (Å²) in [6.45, 7) is 8.56. The molecule has 1 saturated carbocycles. The maximum atomic E-state index is 12.0. The van der Waals surface area contributed by atoms with E-state index in [0.717, 1.165) is 0 Å². The fraction of sp³-hybridized carbons (Fsp3) is 0.917. The average Bonchev–Trinajstić information content (AvgIpc) is 2.93. The minimum atomic E-state index is -0.797. The van der Waals surface area contributed by atoms with Gasteiger partial charge in [0, 0.05) is 19.0 Å². The van der Waals surface area contributed by atoms with E-state index < -0.39 is 5.60 Å². The number of amides is 1. The summed E-state index contributed by atoms with van der Waals surface area (Å²) in [4.78, 5) is 13.8. The van der Waals surface area contributed by atoms with Crippen LogP contribution in [-0.2, 0) is 4.79 Å². The molecule has 0 spiro atoms. The van der Waals surface area contributed by atoms with Crippen molar-refractivity contribution in [2.75, 3.05) is 13.1 Å². The number of hydrogen-bond donors (Lipinski definition) is 1. The fourth-order valence-electron chi connectivity index (χ4n) is 1.90. The Morgan fingerprint density at radius 3 is 2.40 bits per heavy atom. The van der Waals surface area contributed by atoms with Crippen LogP contribution in [0.25, 0.3) is 0 Å². The number of rotatable bonds is 5. The van der Waals surface area contributed by atoms with Crippen molar-refractivity contribution in [1.82, 2.24) is 4.90 Å². The van der Waals surface area contributed by atoms with Gasteiger partial charge in [-0.25, -0.2) is 0 Å². The van der Waals surface area contributed by atoms with Gasteiger partial charge in [-0.05, 0) is 39.5 Å². The molecule has 88 valence electrons. The van der Waals surface area contributed by atoms with Gasteiger partial charge >= 0.3 is 0 Å². The lowest BCUT2D eigenvalue weighted by molar-refractivity contribution is -0.138. The Morgan fingerprint density at radius 1 is 1.53 bits per heavy atom. The highest BCUT2D eigenvalue weighted by Crippen LogP contribution is 2.37. The van der Waals surface area contributed by atoms with Crippen LogP contribution in [0, 0.1) is 11.8 Å². The van der Waals surface area contributed by atoms with Gasteiger partial charge in [0.15, 0.2) is 0 Å². The molecule has 0 aromatic heterocycles. The van der Waals surface area contributed by atoms with Crippen LogP contribution in [0.4, 0.5) is 0 Å². The molecule has 1 amide bonds. The van der Waals surface area contributed by atoms with E-state index in [4.69, 9.17) is 0 Å². The highest BCUT2D eigenvalue weighted by Gasteiger charge is 2.35. The summed E-state index contributed by atoms with van der Waals surface area (Å²) >= 11 is 0. The van der Waals surface area contributed by atoms with E-state index in [1.807, 2.05) is 13.8 Å². The largest absolute Gasteiger partial charge is 0.389 e. The summed E-state index contributed by atoms with van der Waals surface area (Å²) in [7, 11) is 0. The van der Waals surface area contributed by atoms with Crippen molar-refractivity contribution in [3.8, 4) is 0 Å². The summed E-state index contributed by atoms with van der Waals surface area (Å²) in [5.74, 6) is 0.919. The quantitative estimate of drug-likeness (QED) is 0.754. The number of likely N-dealkylation sites (N-methyl/N-ethyl adjacent to an activating group) is 1. The molecule has 3 nitrogen and oxygen atoms in total. The first-order chi connectivity index (χ1) is 6.85. The predicted molar refractivity (Wildman–Crippen MR) is 60.4 cm³/mol. The smallest absolute Gasteiger partial charge is 0.225 e. The highest BCUT2D eigenvalue weighted by atomic mass is 16.3. The molecule has 0 bridgehead atoms. The Hall–Kier alpha value is -0.570. The van der Waals surface area contributed by atoms with Crippen molar-refractivity contribution in [3.05, 3.63) is 0 Å². The first-order valence-corrected chi connectivity index (χ1v) is 5.86. The van der Waals surface area contributed by atoms with Crippen molar-refractivity contribution in [2.24, 2.45) is 11.8 Å². The van der Waals surface area contributed by atoms with Gasteiger partial charge in [-0.15, -0.1) is 0 Å². The van der Waals surface area contributed by atoms with E-state index in [2.05, 4.69) is 0 Å². The first-order valence-electron chi connectivity index (χ1n) is 5.86. The SMILES string of the molecule is CCN(CC(C)(C)O)C(=O)C(C)C1CC1. The molecule has 15 heavy (non-hydrogen) atoms. The van der Waals surface area contributed by atoms with Crippen molar-refractivity contribution in [3.63, 3.8) is 0 Å². The lowest BCUT2D eigenvalue weighted by Gasteiger charge is -2.30. The minimum absolute atomic E-state index is 0.132. The normalized spacial score (nSPS) is 18.7. The second kappa shape index (κ2) is 4.52. The van der Waals surface area contributed by atoms with Crippen LogP contribution < -0.4 is 0 Å². The Labute approximate surface area is 92.5 Å². The third-order valence-electron chi connectivity index (χ3n) is 2.99. The molecule has 0 aromatic carbocycles. The topological polar surface area (TPSA) is 40.5 Å². The number of aliphatic hydroxyl groups is 1. The minimum Gasteiger partial charge on any atom is -0.389 e. The molecule has 0 aromatic rings. The molecule has 1 atom stereocenters. The van der Waals surface area contributed by atoms with E-state index in [1.54, 1.807) is 18.7 Å². The van der Waals surface area contributed by atoms with Gasteiger partial charge in [0.05, 0.1) is 5.60 Å². The maximum Gasteiger partial charge on any atom is 0.225 e. The molecule has 0 heterocycles. The zero-order chi connectivity index (χ0) is 11.6. The Morgan fingerprint density at radius 2 is 2.07 bits per heavy atom. The molecule has 1 rings (SSSR count). The van der Waals surface area contributed by atoms with Gasteiger partial charge in [0.2, 0.25) is 5.91 Å². The molecule has 1 unspecified atom stereocenters. The summed E-state index contributed by atoms with van der Waals surface area (Å²) in [6.07, 6.45) is 2.37. The molecular weight excluding hydrogens is 190 g/mol. The zero-order valence-electron chi connectivity index (χ0n) is 10.3. The van der Waals surface area contributed by atoms with Crippen LogP contribution in [0.3, 0.4) is 0 Å². The van der Waals surface area contributed by atoms with Crippen molar-refractivity contribution in [1.29, 1.82) is 0 Å². The summed E-state index contributed by atoms with van der Waals surface area (Å²) < 4.78 is 0. The molecule has 1 fully saturated rings. The van der Waals surface area contributed by atoms with E-state index >= 15 is 0 Å². The first kappa shape index (κ1) is 12.5. The molecule has 0 aliphatic heterocycles. The second-order valence-corrected chi connectivity index (χ2v) is 5.29. The molecule has 1 aliphatic carbocycles. The van der Waals surface area contributed by atoms with Crippen LogP contribution in [0.2, 0.25) is 0 Å². The van der Waals surface area contributed by atoms with E-state index in [9.17, 15) is 9.90 Å². The third-order valence-corrected chi connectivity index (χ3v) is 2.99. The van der Waals surface area contributed by atoms with Gasteiger partial charge < -0.3 is 10.0 Å². The molecule has 1 aliphatic rings. The Balaban J connectivity index is 2.53. The standard InChI is InChI=1S/C12H23NO2/c1-5-13(8-12(3,4)15)11(14)9(2)10-6-7-10/h9-10,15H,5-8H2,1-4H3. The molecular formula is C12H23NO2. The summed E-state index contributed by atoms with van der Waals surface area (Å²) in [5, 5.41) is 9.71. The molecule has 0 radical (unpaired) electrons. The van der Waals surface area contributed by atoms with E-state index in [1.165, 1.54) is 12.8 Å². The second-order valence-electron chi connectivity index (χ2n) is 5.29. The van der Waals surface area contributed by atoms with Crippen molar-refractivity contribution >= 4 is 5.91 Å². The number of nitrogens with zero attached hydrogens (tertiary/aromatic N) is 1.